The van der Waals surface area contributed by atoms with Crippen LogP contribution >= 0.6 is 15.9 Å². The molecule has 0 amide bonds. The van der Waals surface area contributed by atoms with Crippen molar-refractivity contribution in [1.29, 1.82) is 0 Å². The van der Waals surface area contributed by atoms with Crippen molar-refractivity contribution in [2.75, 3.05) is 11.9 Å². The zero-order valence-electron chi connectivity index (χ0n) is 11.4. The summed E-state index contributed by atoms with van der Waals surface area (Å²) in [5, 5.41) is 5.07. The second-order valence-electron chi connectivity index (χ2n) is 4.84. The Hall–Kier alpha value is -2.07. The van der Waals surface area contributed by atoms with E-state index in [1.54, 1.807) is 4.57 Å². The molecule has 0 atom stereocenters. The summed E-state index contributed by atoms with van der Waals surface area (Å²) in [6, 6.07) is 17.6. The third kappa shape index (κ3) is 3.16. The largest absolute Gasteiger partial charge is 0.383 e. The molecule has 3 aromatic rings. The zero-order valence-corrected chi connectivity index (χ0v) is 13.0. The Morgan fingerprint density at radius 3 is 2.76 bits per heavy atom. The van der Waals surface area contributed by atoms with Crippen LogP contribution in [0.4, 0.5) is 5.69 Å². The SMILES string of the molecule is O=c1c2ccccc2ccn1CCNc1cccc(Br)c1. The van der Waals surface area contributed by atoms with Gasteiger partial charge in [-0.3, -0.25) is 4.79 Å². The standard InChI is InChI=1S/C17H15BrN2O/c18-14-5-3-6-15(12-14)19-9-11-20-10-8-13-4-1-2-7-16(13)17(20)21/h1-8,10,12,19H,9,11H2. The molecule has 0 fully saturated rings. The van der Waals surface area contributed by atoms with E-state index in [0.717, 1.165) is 20.9 Å². The van der Waals surface area contributed by atoms with Gasteiger partial charge in [0.05, 0.1) is 0 Å². The quantitative estimate of drug-likeness (QED) is 0.780. The highest BCUT2D eigenvalue weighted by molar-refractivity contribution is 9.10. The molecule has 1 aromatic heterocycles. The Labute approximate surface area is 131 Å². The first-order valence-electron chi connectivity index (χ1n) is 6.82. The van der Waals surface area contributed by atoms with Crippen molar-refractivity contribution in [3.63, 3.8) is 0 Å². The van der Waals surface area contributed by atoms with E-state index in [0.29, 0.717) is 13.1 Å². The summed E-state index contributed by atoms with van der Waals surface area (Å²) < 4.78 is 2.78. The number of pyridine rings is 1. The number of aromatic nitrogens is 1. The van der Waals surface area contributed by atoms with Crippen LogP contribution in [0.1, 0.15) is 0 Å². The number of fused-ring (bicyclic) bond motifs is 1. The Bertz CT molecular complexity index is 826. The Morgan fingerprint density at radius 1 is 1.05 bits per heavy atom. The van der Waals surface area contributed by atoms with Crippen molar-refractivity contribution >= 4 is 32.4 Å². The lowest BCUT2D eigenvalue weighted by atomic mass is 10.2. The van der Waals surface area contributed by atoms with E-state index >= 15 is 0 Å². The van der Waals surface area contributed by atoms with Gasteiger partial charge >= 0.3 is 0 Å². The van der Waals surface area contributed by atoms with Gasteiger partial charge in [-0.2, -0.15) is 0 Å². The van der Waals surface area contributed by atoms with Gasteiger partial charge in [0.2, 0.25) is 0 Å². The number of nitrogens with zero attached hydrogens (tertiary/aromatic N) is 1. The van der Waals surface area contributed by atoms with E-state index in [2.05, 4.69) is 21.2 Å². The molecule has 3 nitrogen and oxygen atoms in total. The van der Waals surface area contributed by atoms with E-state index in [4.69, 9.17) is 0 Å². The Kier molecular flexibility index (Phi) is 4.06. The summed E-state index contributed by atoms with van der Waals surface area (Å²) in [6.07, 6.45) is 1.85. The van der Waals surface area contributed by atoms with Crippen molar-refractivity contribution in [3.05, 3.63) is 75.6 Å². The normalized spacial score (nSPS) is 10.7. The first-order valence-corrected chi connectivity index (χ1v) is 7.61. The number of benzene rings is 2. The van der Waals surface area contributed by atoms with Crippen molar-refractivity contribution in [2.45, 2.75) is 6.54 Å². The third-order valence-corrected chi connectivity index (χ3v) is 3.89. The molecule has 1 heterocycles. The van der Waals surface area contributed by atoms with Gasteiger partial charge < -0.3 is 9.88 Å². The molecule has 0 aliphatic carbocycles. The topological polar surface area (TPSA) is 34.0 Å². The summed E-state index contributed by atoms with van der Waals surface area (Å²) >= 11 is 3.44. The van der Waals surface area contributed by atoms with Gasteiger partial charge in [0.25, 0.3) is 5.56 Å². The fraction of sp³-hybridized carbons (Fsp3) is 0.118. The fourth-order valence-corrected chi connectivity index (χ4v) is 2.72. The van der Waals surface area contributed by atoms with Crippen LogP contribution in [0.2, 0.25) is 0 Å². The molecule has 0 bridgehead atoms. The van der Waals surface area contributed by atoms with E-state index < -0.39 is 0 Å². The molecule has 0 unspecified atom stereocenters. The van der Waals surface area contributed by atoms with E-state index in [1.807, 2.05) is 60.8 Å². The average Bonchev–Trinajstić information content (AvgIpc) is 2.50. The molecule has 2 aromatic carbocycles. The van der Waals surface area contributed by atoms with Crippen molar-refractivity contribution in [2.24, 2.45) is 0 Å². The van der Waals surface area contributed by atoms with E-state index in [9.17, 15) is 4.79 Å². The first kappa shape index (κ1) is 13.9. The molecular weight excluding hydrogens is 328 g/mol. The smallest absolute Gasteiger partial charge is 0.258 e. The van der Waals surface area contributed by atoms with Gasteiger partial charge in [0.15, 0.2) is 0 Å². The average molecular weight is 343 g/mol. The molecule has 0 saturated heterocycles. The van der Waals surface area contributed by atoms with Gasteiger partial charge in [0.1, 0.15) is 0 Å². The van der Waals surface area contributed by atoms with Crippen LogP contribution < -0.4 is 10.9 Å². The molecule has 4 heteroatoms. The Morgan fingerprint density at radius 2 is 1.90 bits per heavy atom. The molecule has 0 spiro atoms. The molecule has 0 saturated carbocycles. The van der Waals surface area contributed by atoms with Crippen molar-refractivity contribution in [1.82, 2.24) is 4.57 Å². The van der Waals surface area contributed by atoms with Crippen LogP contribution in [-0.4, -0.2) is 11.1 Å². The van der Waals surface area contributed by atoms with Gasteiger partial charge in [-0.25, -0.2) is 0 Å². The van der Waals surface area contributed by atoms with Crippen molar-refractivity contribution in [3.8, 4) is 0 Å². The molecule has 0 aliphatic rings. The van der Waals surface area contributed by atoms with Gasteiger partial charge in [-0.15, -0.1) is 0 Å². The molecule has 21 heavy (non-hydrogen) atoms. The summed E-state index contributed by atoms with van der Waals surface area (Å²) in [6.45, 7) is 1.34. The molecule has 1 N–H and O–H groups in total. The van der Waals surface area contributed by atoms with Crippen LogP contribution in [-0.2, 0) is 6.54 Å². The first-order chi connectivity index (χ1) is 10.2. The van der Waals surface area contributed by atoms with E-state index in [1.165, 1.54) is 0 Å². The minimum Gasteiger partial charge on any atom is -0.383 e. The van der Waals surface area contributed by atoms with Gasteiger partial charge in [0, 0.05) is 34.8 Å². The van der Waals surface area contributed by atoms with Crippen LogP contribution in [0.25, 0.3) is 10.8 Å². The minimum absolute atomic E-state index is 0.0594. The maximum absolute atomic E-state index is 12.4. The predicted molar refractivity (Wildman–Crippen MR) is 90.8 cm³/mol. The highest BCUT2D eigenvalue weighted by atomic mass is 79.9. The maximum Gasteiger partial charge on any atom is 0.258 e. The van der Waals surface area contributed by atoms with E-state index in [-0.39, 0.29) is 5.56 Å². The number of hydrogen-bond acceptors (Lipinski definition) is 2. The number of nitrogens with one attached hydrogen (secondary N) is 1. The van der Waals surface area contributed by atoms with Crippen molar-refractivity contribution < 1.29 is 0 Å². The van der Waals surface area contributed by atoms with Gasteiger partial charge in [-0.1, -0.05) is 40.2 Å². The summed E-state index contributed by atoms with van der Waals surface area (Å²) in [5.74, 6) is 0. The maximum atomic E-state index is 12.4. The summed E-state index contributed by atoms with van der Waals surface area (Å²) in [5.41, 5.74) is 1.10. The fourth-order valence-electron chi connectivity index (χ4n) is 2.33. The number of hydrogen-bond donors (Lipinski definition) is 1. The van der Waals surface area contributed by atoms with Gasteiger partial charge in [-0.05, 0) is 35.7 Å². The lowest BCUT2D eigenvalue weighted by Gasteiger charge is -2.09. The predicted octanol–water partition coefficient (Wildman–Crippen LogP) is 3.88. The molecule has 0 aliphatic heterocycles. The highest BCUT2D eigenvalue weighted by Crippen LogP contribution is 2.15. The minimum atomic E-state index is 0.0594. The molecule has 3 rings (SSSR count). The monoisotopic (exact) mass is 342 g/mol. The highest BCUT2D eigenvalue weighted by Gasteiger charge is 2.01. The van der Waals surface area contributed by atoms with Crippen LogP contribution in [0, 0.1) is 0 Å². The lowest BCUT2D eigenvalue weighted by molar-refractivity contribution is 0.704. The lowest BCUT2D eigenvalue weighted by Crippen LogP contribution is -2.23. The second kappa shape index (κ2) is 6.14. The van der Waals surface area contributed by atoms with Crippen LogP contribution in [0.15, 0.2) is 70.1 Å². The third-order valence-electron chi connectivity index (χ3n) is 3.39. The molecular formula is C17H15BrN2O. The summed E-state index contributed by atoms with van der Waals surface area (Å²) in [4.78, 5) is 12.4. The number of anilines is 1. The zero-order chi connectivity index (χ0) is 14.7. The molecule has 106 valence electrons. The Balaban J connectivity index is 1.74. The second-order valence-corrected chi connectivity index (χ2v) is 5.75. The number of halogens is 1. The summed E-state index contributed by atoms with van der Waals surface area (Å²) in [7, 11) is 0. The number of rotatable bonds is 4. The molecule has 0 radical (unpaired) electrons. The van der Waals surface area contributed by atoms with Crippen LogP contribution in [0.5, 0.6) is 0 Å². The van der Waals surface area contributed by atoms with Crippen LogP contribution in [0.3, 0.4) is 0 Å².